The smallest absolute Gasteiger partial charge is 0.289 e. The average Bonchev–Trinajstić information content (AvgIpc) is 3.10. The van der Waals surface area contributed by atoms with Crippen LogP contribution < -0.4 is 0 Å². The number of hydrogen-bond donors (Lipinski definition) is 0. The first-order valence-electron chi connectivity index (χ1n) is 8.04. The zero-order chi connectivity index (χ0) is 17.4. The average molecular weight is 339 g/mol. The van der Waals surface area contributed by atoms with E-state index in [9.17, 15) is 13.6 Å². The van der Waals surface area contributed by atoms with Crippen LogP contribution in [0.5, 0.6) is 0 Å². The Balaban J connectivity index is 1.60. The van der Waals surface area contributed by atoms with E-state index in [-0.39, 0.29) is 23.0 Å². The van der Waals surface area contributed by atoms with E-state index >= 15 is 0 Å². The molecule has 0 saturated heterocycles. The Morgan fingerprint density at radius 3 is 2.40 bits per heavy atom. The molecule has 0 unspecified atom stereocenters. The summed E-state index contributed by atoms with van der Waals surface area (Å²) in [4.78, 5) is 14.4. The molecular formula is C20H15F2NO2. The number of amides is 1. The number of rotatable bonds is 2. The quantitative estimate of drug-likeness (QED) is 0.692. The fourth-order valence-corrected chi connectivity index (χ4v) is 3.15. The summed E-state index contributed by atoms with van der Waals surface area (Å²) in [6.07, 6.45) is 0.775. The van der Waals surface area contributed by atoms with Crippen LogP contribution in [0.2, 0.25) is 0 Å². The predicted octanol–water partition coefficient (Wildman–Crippen LogP) is 4.42. The fraction of sp³-hybridized carbons (Fsp3) is 0.150. The Kier molecular flexibility index (Phi) is 3.84. The molecule has 0 bridgehead atoms. The molecule has 1 aliphatic rings. The van der Waals surface area contributed by atoms with Crippen LogP contribution in [0.3, 0.4) is 0 Å². The minimum Gasteiger partial charge on any atom is -0.451 e. The van der Waals surface area contributed by atoms with Crippen molar-refractivity contribution in [2.24, 2.45) is 0 Å². The summed E-state index contributed by atoms with van der Waals surface area (Å²) in [6.45, 7) is 1.08. The highest BCUT2D eigenvalue weighted by Crippen LogP contribution is 2.29. The Hall–Kier alpha value is -2.95. The van der Waals surface area contributed by atoms with Crippen molar-refractivity contribution in [2.45, 2.75) is 13.0 Å². The molecule has 0 fully saturated rings. The lowest BCUT2D eigenvalue weighted by Gasteiger charge is -2.28. The minimum atomic E-state index is -0.722. The Morgan fingerprint density at radius 2 is 1.64 bits per heavy atom. The lowest BCUT2D eigenvalue weighted by molar-refractivity contribution is 0.0703. The van der Waals surface area contributed by atoms with Gasteiger partial charge in [-0.3, -0.25) is 4.79 Å². The van der Waals surface area contributed by atoms with E-state index in [0.717, 1.165) is 24.1 Å². The molecule has 0 saturated carbocycles. The maximum absolute atomic E-state index is 13.9. The van der Waals surface area contributed by atoms with Crippen LogP contribution in [0.4, 0.5) is 8.78 Å². The molecule has 1 amide bonds. The van der Waals surface area contributed by atoms with Gasteiger partial charge in [-0.2, -0.15) is 0 Å². The SMILES string of the molecule is O=C(c1ccc(-c2c(F)cccc2F)o1)N1CCc2ccccc2C1. The fourth-order valence-electron chi connectivity index (χ4n) is 3.15. The first-order valence-corrected chi connectivity index (χ1v) is 8.04. The highest BCUT2D eigenvalue weighted by atomic mass is 19.1. The summed E-state index contributed by atoms with van der Waals surface area (Å²) in [5.41, 5.74) is 2.08. The third kappa shape index (κ3) is 2.82. The van der Waals surface area contributed by atoms with Gasteiger partial charge in [-0.05, 0) is 41.8 Å². The topological polar surface area (TPSA) is 33.5 Å². The van der Waals surface area contributed by atoms with E-state index in [1.165, 1.54) is 23.8 Å². The van der Waals surface area contributed by atoms with Gasteiger partial charge in [0.1, 0.15) is 17.4 Å². The number of furan rings is 1. The van der Waals surface area contributed by atoms with E-state index in [0.29, 0.717) is 13.1 Å². The number of benzene rings is 2. The van der Waals surface area contributed by atoms with Gasteiger partial charge in [0.05, 0.1) is 5.56 Å². The first kappa shape index (κ1) is 15.6. The monoisotopic (exact) mass is 339 g/mol. The summed E-state index contributed by atoms with van der Waals surface area (Å²) in [5.74, 6) is -1.63. The van der Waals surface area contributed by atoms with Crippen LogP contribution in [0.15, 0.2) is 59.0 Å². The molecule has 3 aromatic rings. The van der Waals surface area contributed by atoms with E-state index in [4.69, 9.17) is 4.42 Å². The number of carbonyl (C=O) groups is 1. The Bertz CT molecular complexity index is 928. The summed E-state index contributed by atoms with van der Waals surface area (Å²) in [5, 5.41) is 0. The molecule has 0 radical (unpaired) electrons. The van der Waals surface area contributed by atoms with Crippen molar-refractivity contribution in [3.05, 3.63) is 83.1 Å². The zero-order valence-electron chi connectivity index (χ0n) is 13.3. The minimum absolute atomic E-state index is 0.0105. The second-order valence-electron chi connectivity index (χ2n) is 6.01. The van der Waals surface area contributed by atoms with Crippen LogP contribution in [-0.2, 0) is 13.0 Å². The van der Waals surface area contributed by atoms with Gasteiger partial charge in [-0.15, -0.1) is 0 Å². The van der Waals surface area contributed by atoms with Gasteiger partial charge in [0.15, 0.2) is 5.76 Å². The summed E-state index contributed by atoms with van der Waals surface area (Å²) >= 11 is 0. The first-order chi connectivity index (χ1) is 12.1. The van der Waals surface area contributed by atoms with Crippen molar-refractivity contribution in [1.82, 2.24) is 4.90 Å². The molecule has 0 atom stereocenters. The third-order valence-corrected chi connectivity index (χ3v) is 4.44. The van der Waals surface area contributed by atoms with Crippen molar-refractivity contribution < 1.29 is 18.0 Å². The third-order valence-electron chi connectivity index (χ3n) is 4.44. The van der Waals surface area contributed by atoms with Gasteiger partial charge in [0.2, 0.25) is 0 Å². The van der Waals surface area contributed by atoms with Crippen molar-refractivity contribution in [1.29, 1.82) is 0 Å². The van der Waals surface area contributed by atoms with Crippen LogP contribution in [0, 0.1) is 11.6 Å². The van der Waals surface area contributed by atoms with Gasteiger partial charge in [-0.1, -0.05) is 30.3 Å². The van der Waals surface area contributed by atoms with Crippen molar-refractivity contribution in [3.8, 4) is 11.3 Å². The zero-order valence-corrected chi connectivity index (χ0v) is 13.3. The van der Waals surface area contributed by atoms with Crippen LogP contribution >= 0.6 is 0 Å². The van der Waals surface area contributed by atoms with Crippen molar-refractivity contribution in [3.63, 3.8) is 0 Å². The summed E-state index contributed by atoms with van der Waals surface area (Å²) in [6, 6.07) is 14.5. The van der Waals surface area contributed by atoms with Gasteiger partial charge in [0.25, 0.3) is 5.91 Å². The number of hydrogen-bond acceptors (Lipinski definition) is 2. The largest absolute Gasteiger partial charge is 0.451 e. The molecule has 0 spiro atoms. The number of nitrogens with zero attached hydrogens (tertiary/aromatic N) is 1. The number of fused-ring (bicyclic) bond motifs is 1. The van der Waals surface area contributed by atoms with Gasteiger partial charge >= 0.3 is 0 Å². The predicted molar refractivity (Wildman–Crippen MR) is 88.9 cm³/mol. The van der Waals surface area contributed by atoms with E-state index in [1.807, 2.05) is 18.2 Å². The van der Waals surface area contributed by atoms with Crippen LogP contribution in [-0.4, -0.2) is 17.4 Å². The molecular weight excluding hydrogens is 324 g/mol. The summed E-state index contributed by atoms with van der Waals surface area (Å²) < 4.78 is 33.2. The molecule has 5 heteroatoms. The van der Waals surface area contributed by atoms with E-state index in [2.05, 4.69) is 6.07 Å². The summed E-state index contributed by atoms with van der Waals surface area (Å²) in [7, 11) is 0. The molecule has 3 nitrogen and oxygen atoms in total. The highest BCUT2D eigenvalue weighted by molar-refractivity contribution is 5.92. The maximum Gasteiger partial charge on any atom is 0.289 e. The lowest BCUT2D eigenvalue weighted by Crippen LogP contribution is -2.35. The molecule has 126 valence electrons. The standard InChI is InChI=1S/C20H15F2NO2/c21-15-6-3-7-16(22)19(15)17-8-9-18(25-17)20(24)23-11-10-13-4-1-2-5-14(13)12-23/h1-9H,10-12H2. The number of carbonyl (C=O) groups excluding carboxylic acids is 1. The second kappa shape index (κ2) is 6.16. The van der Waals surface area contributed by atoms with Gasteiger partial charge in [0, 0.05) is 13.1 Å². The molecule has 1 aromatic heterocycles. The molecule has 2 heterocycles. The van der Waals surface area contributed by atoms with Crippen molar-refractivity contribution >= 4 is 5.91 Å². The molecule has 0 N–H and O–H groups in total. The van der Waals surface area contributed by atoms with Gasteiger partial charge < -0.3 is 9.32 Å². The van der Waals surface area contributed by atoms with Crippen molar-refractivity contribution in [2.75, 3.05) is 6.54 Å². The highest BCUT2D eigenvalue weighted by Gasteiger charge is 2.25. The number of halogens is 2. The van der Waals surface area contributed by atoms with Gasteiger partial charge in [-0.25, -0.2) is 8.78 Å². The van der Waals surface area contributed by atoms with E-state index < -0.39 is 11.6 Å². The van der Waals surface area contributed by atoms with E-state index in [1.54, 1.807) is 4.90 Å². The lowest BCUT2D eigenvalue weighted by atomic mass is 10.00. The second-order valence-corrected chi connectivity index (χ2v) is 6.01. The Labute approximate surface area is 143 Å². The molecule has 0 aliphatic carbocycles. The van der Waals surface area contributed by atoms with Crippen LogP contribution in [0.25, 0.3) is 11.3 Å². The molecule has 1 aliphatic heterocycles. The maximum atomic E-state index is 13.9. The van der Waals surface area contributed by atoms with Crippen LogP contribution in [0.1, 0.15) is 21.7 Å². The normalized spacial score (nSPS) is 13.6. The molecule has 4 rings (SSSR count). The molecule has 25 heavy (non-hydrogen) atoms. The Morgan fingerprint density at radius 1 is 0.920 bits per heavy atom. The molecule has 2 aromatic carbocycles.